The van der Waals surface area contributed by atoms with Gasteiger partial charge in [-0.3, -0.25) is 4.79 Å². The van der Waals surface area contributed by atoms with Crippen molar-refractivity contribution in [2.45, 2.75) is 32.7 Å². The quantitative estimate of drug-likeness (QED) is 0.790. The fourth-order valence-corrected chi connectivity index (χ4v) is 1.70. The Morgan fingerprint density at radius 2 is 2.06 bits per heavy atom. The van der Waals surface area contributed by atoms with E-state index in [2.05, 4.69) is 6.92 Å². The van der Waals surface area contributed by atoms with Gasteiger partial charge in [0, 0.05) is 13.1 Å². The van der Waals surface area contributed by atoms with E-state index >= 15 is 0 Å². The Kier molecular flexibility index (Phi) is 4.37. The summed E-state index contributed by atoms with van der Waals surface area (Å²) < 4.78 is 0. The van der Waals surface area contributed by atoms with Crippen molar-refractivity contribution < 1.29 is 15.0 Å². The molecule has 4 nitrogen and oxygen atoms in total. The molecule has 1 rings (SSSR count). The number of aromatic hydroxyl groups is 2. The highest BCUT2D eigenvalue weighted by Crippen LogP contribution is 2.24. The largest absolute Gasteiger partial charge is 0.508 e. The number of carbonyl (C=O) groups is 1. The molecule has 0 bridgehead atoms. The van der Waals surface area contributed by atoms with E-state index in [0.29, 0.717) is 0 Å². The summed E-state index contributed by atoms with van der Waals surface area (Å²) in [5.74, 6) is -0.412. The smallest absolute Gasteiger partial charge is 0.257 e. The van der Waals surface area contributed by atoms with Crippen LogP contribution in [0.5, 0.6) is 11.5 Å². The first-order valence-electron chi connectivity index (χ1n) is 5.76. The van der Waals surface area contributed by atoms with E-state index in [0.717, 1.165) is 12.8 Å². The number of hydrogen-bond acceptors (Lipinski definition) is 3. The van der Waals surface area contributed by atoms with Crippen LogP contribution in [0.4, 0.5) is 0 Å². The molecule has 0 aliphatic carbocycles. The van der Waals surface area contributed by atoms with Crippen LogP contribution in [0.15, 0.2) is 18.2 Å². The molecule has 0 aliphatic heterocycles. The van der Waals surface area contributed by atoms with E-state index in [4.69, 9.17) is 0 Å². The van der Waals surface area contributed by atoms with Crippen molar-refractivity contribution in [3.63, 3.8) is 0 Å². The second-order valence-corrected chi connectivity index (χ2v) is 4.26. The first kappa shape index (κ1) is 13.4. The summed E-state index contributed by atoms with van der Waals surface area (Å²) in [6.07, 6.45) is 1.90. The molecule has 0 aromatic heterocycles. The molecule has 1 amide bonds. The number of carbonyl (C=O) groups excluding carboxylic acids is 1. The zero-order chi connectivity index (χ0) is 13.0. The maximum absolute atomic E-state index is 12.1. The monoisotopic (exact) mass is 237 g/mol. The van der Waals surface area contributed by atoms with Gasteiger partial charge in [0.1, 0.15) is 11.5 Å². The Hall–Kier alpha value is -1.71. The molecule has 0 saturated carbocycles. The van der Waals surface area contributed by atoms with E-state index in [1.54, 1.807) is 11.9 Å². The molecule has 0 saturated heterocycles. The first-order chi connectivity index (χ1) is 7.97. The number of nitrogens with zero attached hydrogens (tertiary/aromatic N) is 1. The van der Waals surface area contributed by atoms with Crippen molar-refractivity contribution in [3.05, 3.63) is 23.8 Å². The van der Waals surface area contributed by atoms with Gasteiger partial charge in [-0.1, -0.05) is 13.3 Å². The van der Waals surface area contributed by atoms with Gasteiger partial charge in [-0.25, -0.2) is 0 Å². The zero-order valence-corrected chi connectivity index (χ0v) is 10.5. The Morgan fingerprint density at radius 3 is 2.65 bits per heavy atom. The molecule has 0 aliphatic rings. The first-order valence-corrected chi connectivity index (χ1v) is 5.76. The molecule has 0 radical (unpaired) electrons. The van der Waals surface area contributed by atoms with Gasteiger partial charge in [0.25, 0.3) is 5.91 Å². The molecule has 1 atom stereocenters. The summed E-state index contributed by atoms with van der Waals surface area (Å²) in [4.78, 5) is 13.7. The minimum atomic E-state index is -0.278. The van der Waals surface area contributed by atoms with Gasteiger partial charge in [0.2, 0.25) is 0 Å². The highest BCUT2D eigenvalue weighted by molar-refractivity contribution is 5.97. The average Bonchev–Trinajstić information content (AvgIpc) is 2.30. The summed E-state index contributed by atoms with van der Waals surface area (Å²) in [5, 5.41) is 18.9. The maximum Gasteiger partial charge on any atom is 0.257 e. The number of hydrogen-bond donors (Lipinski definition) is 2. The number of amides is 1. The number of benzene rings is 1. The Morgan fingerprint density at radius 1 is 1.41 bits per heavy atom. The van der Waals surface area contributed by atoms with Crippen LogP contribution in [-0.4, -0.2) is 34.1 Å². The fourth-order valence-electron chi connectivity index (χ4n) is 1.70. The molecule has 0 heterocycles. The summed E-state index contributed by atoms with van der Waals surface area (Å²) in [6.45, 7) is 4.02. The molecule has 2 N–H and O–H groups in total. The van der Waals surface area contributed by atoms with Crippen LogP contribution in [0.3, 0.4) is 0 Å². The lowest BCUT2D eigenvalue weighted by Gasteiger charge is -2.25. The standard InChI is InChI=1S/C13H19NO3/c1-4-5-9(2)14(3)13(17)11-8-10(15)6-7-12(11)16/h6-9,15-16H,4-5H2,1-3H3. The van der Waals surface area contributed by atoms with E-state index in [9.17, 15) is 15.0 Å². The molecule has 4 heteroatoms. The fraction of sp³-hybridized carbons (Fsp3) is 0.462. The van der Waals surface area contributed by atoms with Crippen LogP contribution in [0, 0.1) is 0 Å². The normalized spacial score (nSPS) is 12.2. The van der Waals surface area contributed by atoms with Gasteiger partial charge in [-0.2, -0.15) is 0 Å². The highest BCUT2D eigenvalue weighted by atomic mass is 16.3. The van der Waals surface area contributed by atoms with Crippen molar-refractivity contribution in [3.8, 4) is 11.5 Å². The Balaban J connectivity index is 2.92. The van der Waals surface area contributed by atoms with E-state index in [1.807, 2.05) is 6.92 Å². The Bertz CT molecular complexity index is 404. The predicted octanol–water partition coefficient (Wildman–Crippen LogP) is 2.36. The van der Waals surface area contributed by atoms with Gasteiger partial charge in [0.15, 0.2) is 0 Å². The summed E-state index contributed by atoms with van der Waals surface area (Å²) in [7, 11) is 1.70. The molecule has 94 valence electrons. The van der Waals surface area contributed by atoms with Crippen LogP contribution in [0.2, 0.25) is 0 Å². The minimum Gasteiger partial charge on any atom is -0.508 e. The predicted molar refractivity (Wildman–Crippen MR) is 66.2 cm³/mol. The minimum absolute atomic E-state index is 0.0253. The van der Waals surface area contributed by atoms with Gasteiger partial charge in [0.05, 0.1) is 5.56 Å². The third-order valence-electron chi connectivity index (χ3n) is 2.90. The molecule has 1 aromatic carbocycles. The SMILES string of the molecule is CCCC(C)N(C)C(=O)c1cc(O)ccc1O. The van der Waals surface area contributed by atoms with Crippen LogP contribution >= 0.6 is 0 Å². The number of rotatable bonds is 4. The molecule has 0 spiro atoms. The summed E-state index contributed by atoms with van der Waals surface area (Å²) in [5.41, 5.74) is 0.135. The van der Waals surface area contributed by atoms with Crippen LogP contribution < -0.4 is 0 Å². The van der Waals surface area contributed by atoms with Gasteiger partial charge < -0.3 is 15.1 Å². The van der Waals surface area contributed by atoms with E-state index in [1.165, 1.54) is 18.2 Å². The van der Waals surface area contributed by atoms with Crippen molar-refractivity contribution in [1.82, 2.24) is 4.90 Å². The van der Waals surface area contributed by atoms with Crippen LogP contribution in [-0.2, 0) is 0 Å². The van der Waals surface area contributed by atoms with Crippen molar-refractivity contribution in [2.75, 3.05) is 7.05 Å². The van der Waals surface area contributed by atoms with Crippen molar-refractivity contribution >= 4 is 5.91 Å². The van der Waals surface area contributed by atoms with Gasteiger partial charge in [-0.15, -0.1) is 0 Å². The summed E-state index contributed by atoms with van der Waals surface area (Å²) >= 11 is 0. The number of phenols is 2. The lowest BCUT2D eigenvalue weighted by molar-refractivity contribution is 0.0733. The third-order valence-corrected chi connectivity index (χ3v) is 2.90. The maximum atomic E-state index is 12.1. The molecule has 0 fully saturated rings. The summed E-state index contributed by atoms with van der Waals surface area (Å²) in [6, 6.07) is 4.06. The highest BCUT2D eigenvalue weighted by Gasteiger charge is 2.20. The number of phenolic OH excluding ortho intramolecular Hbond substituents is 2. The molecular formula is C13H19NO3. The van der Waals surface area contributed by atoms with Crippen molar-refractivity contribution in [2.24, 2.45) is 0 Å². The third kappa shape index (κ3) is 3.12. The van der Waals surface area contributed by atoms with Crippen LogP contribution in [0.1, 0.15) is 37.0 Å². The average molecular weight is 237 g/mol. The van der Waals surface area contributed by atoms with E-state index < -0.39 is 0 Å². The molecule has 17 heavy (non-hydrogen) atoms. The Labute approximate surface area is 101 Å². The van der Waals surface area contributed by atoms with Gasteiger partial charge >= 0.3 is 0 Å². The molecular weight excluding hydrogens is 218 g/mol. The van der Waals surface area contributed by atoms with Crippen molar-refractivity contribution in [1.29, 1.82) is 0 Å². The second-order valence-electron chi connectivity index (χ2n) is 4.26. The molecule has 1 aromatic rings. The lowest BCUT2D eigenvalue weighted by Crippen LogP contribution is -2.34. The van der Waals surface area contributed by atoms with E-state index in [-0.39, 0.29) is 29.0 Å². The lowest BCUT2D eigenvalue weighted by atomic mass is 10.1. The van der Waals surface area contributed by atoms with Gasteiger partial charge in [-0.05, 0) is 31.5 Å². The second kappa shape index (κ2) is 5.57. The zero-order valence-electron chi connectivity index (χ0n) is 10.5. The topological polar surface area (TPSA) is 60.8 Å². The molecule has 1 unspecified atom stereocenters. The van der Waals surface area contributed by atoms with Crippen LogP contribution in [0.25, 0.3) is 0 Å².